The average Bonchev–Trinajstić information content (AvgIpc) is 3.58. The minimum absolute atomic E-state index is 0. The molecule has 5 nitrogen and oxygen atoms in total. The van der Waals surface area contributed by atoms with E-state index >= 15 is 0 Å². The SMILES string of the molecule is Cc1cccc(-c2c(C(C)C)nn(-c3[c-]c(Oc4[c-]c5c(cc4)c4ccccc4n5-c4cc(C)ccn4)ccc3)c2C(C)C)c1.[Pt+2]. The molecule has 0 spiro atoms. The van der Waals surface area contributed by atoms with Gasteiger partial charge in [-0.3, -0.25) is 4.68 Å². The third-order valence-electron chi connectivity index (χ3n) is 8.24. The summed E-state index contributed by atoms with van der Waals surface area (Å²) in [6, 6.07) is 38.3. The molecule has 7 rings (SSSR count). The van der Waals surface area contributed by atoms with E-state index in [1.807, 2.05) is 36.5 Å². The summed E-state index contributed by atoms with van der Waals surface area (Å²) >= 11 is 0. The standard InChI is InChI=1S/C40H36N4O.Pt/c1-25(2)39-38(29-12-9-11-27(5)21-29)40(26(3)4)44(42-39)30-13-10-14-31(23-30)45-32-17-18-34-33-15-7-8-16-35(33)43(36(34)24-32)37-22-28(6)19-20-41-37;/h7-22,25-26H,1-6H3;/q-2;+2. The second kappa shape index (κ2) is 12.7. The second-order valence-electron chi connectivity index (χ2n) is 12.4. The number of aromatic nitrogens is 4. The smallest absolute Gasteiger partial charge is 0.509 e. The van der Waals surface area contributed by atoms with E-state index in [1.54, 1.807) is 0 Å². The van der Waals surface area contributed by atoms with Crippen LogP contribution in [-0.4, -0.2) is 19.3 Å². The van der Waals surface area contributed by atoms with Gasteiger partial charge in [-0.05, 0) is 66.1 Å². The first kappa shape index (κ1) is 31.5. The molecule has 3 aromatic heterocycles. The van der Waals surface area contributed by atoms with Crippen LogP contribution in [-0.2, 0) is 21.1 Å². The quantitative estimate of drug-likeness (QED) is 0.151. The van der Waals surface area contributed by atoms with Crippen molar-refractivity contribution in [1.82, 2.24) is 19.3 Å². The van der Waals surface area contributed by atoms with Crippen molar-refractivity contribution < 1.29 is 25.8 Å². The molecule has 0 aliphatic rings. The molecule has 0 aliphatic carbocycles. The predicted octanol–water partition coefficient (Wildman–Crippen LogP) is 10.3. The summed E-state index contributed by atoms with van der Waals surface area (Å²) < 4.78 is 10.7. The molecule has 46 heavy (non-hydrogen) atoms. The average molecular weight is 784 g/mol. The van der Waals surface area contributed by atoms with Crippen LogP contribution in [0.3, 0.4) is 0 Å². The van der Waals surface area contributed by atoms with E-state index in [2.05, 4.69) is 124 Å². The third-order valence-corrected chi connectivity index (χ3v) is 8.24. The molecule has 0 fully saturated rings. The van der Waals surface area contributed by atoms with Gasteiger partial charge in [-0.25, -0.2) is 4.98 Å². The minimum atomic E-state index is 0. The van der Waals surface area contributed by atoms with Gasteiger partial charge in [-0.1, -0.05) is 81.2 Å². The van der Waals surface area contributed by atoms with Gasteiger partial charge in [0.1, 0.15) is 5.82 Å². The number of hydrogen-bond donors (Lipinski definition) is 0. The number of aryl methyl sites for hydroxylation is 2. The van der Waals surface area contributed by atoms with Crippen LogP contribution < -0.4 is 4.74 Å². The van der Waals surface area contributed by atoms with E-state index in [9.17, 15) is 0 Å². The molecular weight excluding hydrogens is 748 g/mol. The predicted molar refractivity (Wildman–Crippen MR) is 183 cm³/mol. The van der Waals surface area contributed by atoms with Crippen LogP contribution in [0.15, 0.2) is 97.2 Å². The summed E-state index contributed by atoms with van der Waals surface area (Å²) in [4.78, 5) is 4.70. The van der Waals surface area contributed by atoms with Crippen molar-refractivity contribution in [3.05, 3.63) is 132 Å². The van der Waals surface area contributed by atoms with Crippen LogP contribution in [0.1, 0.15) is 62.0 Å². The summed E-state index contributed by atoms with van der Waals surface area (Å²) in [5.74, 6) is 2.57. The van der Waals surface area contributed by atoms with E-state index in [1.165, 1.54) is 22.4 Å². The van der Waals surface area contributed by atoms with Gasteiger partial charge in [0.05, 0.1) is 11.4 Å². The molecule has 0 atom stereocenters. The number of fused-ring (bicyclic) bond motifs is 3. The Labute approximate surface area is 285 Å². The fourth-order valence-electron chi connectivity index (χ4n) is 6.22. The monoisotopic (exact) mass is 783 g/mol. The molecule has 232 valence electrons. The Balaban J connectivity index is 0.00000372. The van der Waals surface area contributed by atoms with Gasteiger partial charge in [-0.2, -0.15) is 17.2 Å². The van der Waals surface area contributed by atoms with E-state index in [0.717, 1.165) is 44.6 Å². The number of nitrogens with zero attached hydrogens (tertiary/aromatic N) is 4. The van der Waals surface area contributed by atoms with Crippen LogP contribution >= 0.6 is 0 Å². The Bertz CT molecular complexity index is 2190. The Kier molecular flexibility index (Phi) is 8.72. The van der Waals surface area contributed by atoms with Gasteiger partial charge in [0.2, 0.25) is 0 Å². The minimum Gasteiger partial charge on any atom is -0.509 e. The van der Waals surface area contributed by atoms with Crippen LogP contribution in [0.25, 0.3) is 44.4 Å². The molecular formula is C40H36N4OPt. The van der Waals surface area contributed by atoms with Crippen molar-refractivity contribution in [3.8, 4) is 34.1 Å². The van der Waals surface area contributed by atoms with Gasteiger partial charge in [0, 0.05) is 28.8 Å². The first-order valence-electron chi connectivity index (χ1n) is 15.6. The Hall–Kier alpha value is -4.47. The topological polar surface area (TPSA) is 44.9 Å². The number of hydrogen-bond acceptors (Lipinski definition) is 3. The van der Waals surface area contributed by atoms with E-state index in [0.29, 0.717) is 11.5 Å². The maximum atomic E-state index is 6.46. The van der Waals surface area contributed by atoms with E-state index in [-0.39, 0.29) is 32.9 Å². The summed E-state index contributed by atoms with van der Waals surface area (Å²) in [6.07, 6.45) is 1.85. The summed E-state index contributed by atoms with van der Waals surface area (Å²) in [5, 5.41) is 7.43. The van der Waals surface area contributed by atoms with Crippen LogP contribution in [0.5, 0.6) is 11.5 Å². The molecule has 7 aromatic rings. The number of para-hydroxylation sites is 1. The second-order valence-corrected chi connectivity index (χ2v) is 12.4. The van der Waals surface area contributed by atoms with E-state index < -0.39 is 0 Å². The summed E-state index contributed by atoms with van der Waals surface area (Å²) in [6.45, 7) is 13.1. The first-order valence-corrected chi connectivity index (χ1v) is 15.6. The first-order chi connectivity index (χ1) is 21.8. The molecule has 0 bridgehead atoms. The van der Waals surface area contributed by atoms with Gasteiger partial charge in [0.15, 0.2) is 0 Å². The number of pyridine rings is 1. The Morgan fingerprint density at radius 1 is 0.717 bits per heavy atom. The van der Waals surface area contributed by atoms with Gasteiger partial charge in [0.25, 0.3) is 0 Å². The van der Waals surface area contributed by atoms with Crippen LogP contribution in [0.4, 0.5) is 0 Å². The summed E-state index contributed by atoms with van der Waals surface area (Å²) in [5.41, 5.74) is 9.88. The maximum absolute atomic E-state index is 6.46. The molecule has 0 saturated heterocycles. The number of ether oxygens (including phenoxy) is 1. The van der Waals surface area contributed by atoms with Crippen LogP contribution in [0.2, 0.25) is 0 Å². The van der Waals surface area contributed by atoms with Crippen molar-refractivity contribution in [2.24, 2.45) is 0 Å². The number of rotatable bonds is 7. The van der Waals surface area contributed by atoms with Gasteiger partial charge in [-0.15, -0.1) is 35.7 Å². The molecule has 0 aliphatic heterocycles. The number of benzene rings is 4. The van der Waals surface area contributed by atoms with Crippen molar-refractivity contribution in [3.63, 3.8) is 0 Å². The van der Waals surface area contributed by atoms with E-state index in [4.69, 9.17) is 14.8 Å². The van der Waals surface area contributed by atoms with Gasteiger partial charge >= 0.3 is 21.1 Å². The fraction of sp³-hybridized carbons (Fsp3) is 0.200. The molecule has 0 radical (unpaired) electrons. The molecule has 0 saturated carbocycles. The molecule has 4 aromatic carbocycles. The molecule has 0 amide bonds. The fourth-order valence-corrected chi connectivity index (χ4v) is 6.22. The van der Waals surface area contributed by atoms with Crippen molar-refractivity contribution in [2.75, 3.05) is 0 Å². The molecule has 0 unspecified atom stereocenters. The van der Waals surface area contributed by atoms with Crippen LogP contribution in [0, 0.1) is 26.0 Å². The van der Waals surface area contributed by atoms with Crippen molar-refractivity contribution in [1.29, 1.82) is 0 Å². The maximum Gasteiger partial charge on any atom is 2.00 e. The molecule has 0 N–H and O–H groups in total. The third kappa shape index (κ3) is 5.69. The van der Waals surface area contributed by atoms with Gasteiger partial charge < -0.3 is 9.30 Å². The summed E-state index contributed by atoms with van der Waals surface area (Å²) in [7, 11) is 0. The Morgan fingerprint density at radius 2 is 1.48 bits per heavy atom. The van der Waals surface area contributed by atoms with Crippen molar-refractivity contribution >= 4 is 21.8 Å². The Morgan fingerprint density at radius 3 is 2.24 bits per heavy atom. The normalized spacial score (nSPS) is 11.5. The zero-order valence-electron chi connectivity index (χ0n) is 26.9. The molecule has 3 heterocycles. The molecule has 6 heteroatoms. The van der Waals surface area contributed by atoms with Crippen molar-refractivity contribution in [2.45, 2.75) is 53.4 Å². The largest absolute Gasteiger partial charge is 2.00 e. The zero-order valence-corrected chi connectivity index (χ0v) is 29.2. The zero-order chi connectivity index (χ0) is 31.2.